The van der Waals surface area contributed by atoms with Crippen LogP contribution >= 0.6 is 24.0 Å². The van der Waals surface area contributed by atoms with Gasteiger partial charge in [-0.1, -0.05) is 26.1 Å². The Balaban J connectivity index is 2.46. The number of hydrogen-bond acceptors (Lipinski definition) is 4. The SMILES string of the molecule is CSC1(C(N)=S)CCN(C(C)C(=O)NCCC(C)C)CC1. The van der Waals surface area contributed by atoms with Crippen molar-refractivity contribution in [1.82, 2.24) is 10.2 Å². The number of piperidine rings is 1. The Bertz CT molecular complexity index is 366. The Kier molecular flexibility index (Phi) is 7.44. The third-order valence-corrected chi connectivity index (χ3v) is 6.32. The fourth-order valence-electron chi connectivity index (χ4n) is 2.62. The Labute approximate surface area is 138 Å². The lowest BCUT2D eigenvalue weighted by Crippen LogP contribution is -2.54. The average Bonchev–Trinajstić information content (AvgIpc) is 2.45. The van der Waals surface area contributed by atoms with Crippen molar-refractivity contribution in [2.75, 3.05) is 25.9 Å². The standard InChI is InChI=1S/C15H29N3OS2/c1-11(2)5-8-17-13(19)12(3)18-9-6-15(21-4,7-10-18)14(16)20/h11-12H,5-10H2,1-4H3,(H2,16,20)(H,17,19). The molecule has 1 aliphatic heterocycles. The van der Waals surface area contributed by atoms with Crippen LogP contribution in [0.4, 0.5) is 0 Å². The molecule has 0 radical (unpaired) electrons. The van der Waals surface area contributed by atoms with Gasteiger partial charge in [0, 0.05) is 19.6 Å². The molecule has 1 fully saturated rings. The minimum Gasteiger partial charge on any atom is -0.392 e. The minimum absolute atomic E-state index is 0.0802. The van der Waals surface area contributed by atoms with Gasteiger partial charge in [-0.15, -0.1) is 0 Å². The summed E-state index contributed by atoms with van der Waals surface area (Å²) in [4.78, 5) is 15.0. The van der Waals surface area contributed by atoms with Gasteiger partial charge < -0.3 is 11.1 Å². The predicted molar refractivity (Wildman–Crippen MR) is 95.8 cm³/mol. The zero-order valence-corrected chi connectivity index (χ0v) is 15.3. The third-order valence-electron chi connectivity index (χ3n) is 4.39. The number of nitrogens with two attached hydrogens (primary N) is 1. The molecule has 1 saturated heterocycles. The molecule has 3 N–H and O–H groups in total. The largest absolute Gasteiger partial charge is 0.392 e. The molecule has 0 aromatic carbocycles. The molecule has 21 heavy (non-hydrogen) atoms. The number of rotatable bonds is 7. The molecule has 0 aliphatic carbocycles. The summed E-state index contributed by atoms with van der Waals surface area (Å²) in [7, 11) is 0. The third kappa shape index (κ3) is 5.11. The first-order valence-electron chi connectivity index (χ1n) is 7.69. The second-order valence-corrected chi connectivity index (χ2v) is 7.88. The smallest absolute Gasteiger partial charge is 0.237 e. The highest BCUT2D eigenvalue weighted by molar-refractivity contribution is 8.02. The molecule has 0 spiro atoms. The summed E-state index contributed by atoms with van der Waals surface area (Å²) < 4.78 is -0.0837. The van der Waals surface area contributed by atoms with Gasteiger partial charge in [-0.3, -0.25) is 9.69 Å². The van der Waals surface area contributed by atoms with Crippen molar-refractivity contribution in [2.24, 2.45) is 11.7 Å². The number of likely N-dealkylation sites (tertiary alicyclic amines) is 1. The molecule has 0 aromatic heterocycles. The van der Waals surface area contributed by atoms with Crippen LogP contribution in [0, 0.1) is 5.92 Å². The van der Waals surface area contributed by atoms with Gasteiger partial charge in [0.2, 0.25) is 5.91 Å². The molecular weight excluding hydrogens is 302 g/mol. The predicted octanol–water partition coefficient (Wildman–Crippen LogP) is 2.02. The first-order valence-corrected chi connectivity index (χ1v) is 9.32. The highest BCUT2D eigenvalue weighted by Crippen LogP contribution is 2.35. The number of thiocarbonyl (C=S) groups is 1. The molecular formula is C15H29N3OS2. The Morgan fingerprint density at radius 3 is 2.38 bits per heavy atom. The van der Waals surface area contributed by atoms with E-state index in [2.05, 4.69) is 30.3 Å². The fourth-order valence-corrected chi connectivity index (χ4v) is 3.87. The van der Waals surface area contributed by atoms with E-state index in [0.29, 0.717) is 10.9 Å². The molecule has 6 heteroatoms. The molecule has 0 aromatic rings. The normalized spacial score (nSPS) is 20.2. The number of thioether (sulfide) groups is 1. The lowest BCUT2D eigenvalue weighted by atomic mass is 9.94. The van der Waals surface area contributed by atoms with E-state index < -0.39 is 0 Å². The first-order chi connectivity index (χ1) is 9.82. The Hall–Kier alpha value is -0.330. The van der Waals surface area contributed by atoms with Gasteiger partial charge in [-0.2, -0.15) is 11.8 Å². The van der Waals surface area contributed by atoms with Crippen molar-refractivity contribution in [3.05, 3.63) is 0 Å². The van der Waals surface area contributed by atoms with Crippen LogP contribution in [0.1, 0.15) is 40.0 Å². The number of carbonyl (C=O) groups excluding carboxylic acids is 1. The van der Waals surface area contributed by atoms with E-state index in [1.807, 2.05) is 6.92 Å². The first kappa shape index (κ1) is 18.7. The highest BCUT2D eigenvalue weighted by Gasteiger charge is 2.38. The van der Waals surface area contributed by atoms with Gasteiger partial charge >= 0.3 is 0 Å². The maximum Gasteiger partial charge on any atom is 0.237 e. The van der Waals surface area contributed by atoms with Gasteiger partial charge in [-0.05, 0) is 38.4 Å². The molecule has 1 atom stereocenters. The topological polar surface area (TPSA) is 58.4 Å². The van der Waals surface area contributed by atoms with Crippen LogP contribution < -0.4 is 11.1 Å². The van der Waals surface area contributed by atoms with E-state index in [1.54, 1.807) is 11.8 Å². The van der Waals surface area contributed by atoms with Crippen LogP contribution in [0.15, 0.2) is 0 Å². The van der Waals surface area contributed by atoms with Gasteiger partial charge in [-0.25, -0.2) is 0 Å². The number of amides is 1. The van der Waals surface area contributed by atoms with Gasteiger partial charge in [0.05, 0.1) is 15.8 Å². The maximum absolute atomic E-state index is 12.2. The lowest BCUT2D eigenvalue weighted by Gasteiger charge is -2.41. The molecule has 1 unspecified atom stereocenters. The monoisotopic (exact) mass is 331 g/mol. The van der Waals surface area contributed by atoms with E-state index in [0.717, 1.165) is 38.9 Å². The summed E-state index contributed by atoms with van der Waals surface area (Å²) in [6.45, 7) is 8.82. The molecule has 1 rings (SSSR count). The summed E-state index contributed by atoms with van der Waals surface area (Å²) >= 11 is 6.97. The average molecular weight is 332 g/mol. The van der Waals surface area contributed by atoms with Crippen molar-refractivity contribution in [1.29, 1.82) is 0 Å². The fraction of sp³-hybridized carbons (Fsp3) is 0.867. The zero-order valence-electron chi connectivity index (χ0n) is 13.6. The Morgan fingerprint density at radius 1 is 1.38 bits per heavy atom. The van der Waals surface area contributed by atoms with Gasteiger partial charge in [0.25, 0.3) is 0 Å². The van der Waals surface area contributed by atoms with Crippen LogP contribution in [0.25, 0.3) is 0 Å². The van der Waals surface area contributed by atoms with E-state index in [9.17, 15) is 4.79 Å². The Morgan fingerprint density at radius 2 is 1.95 bits per heavy atom. The summed E-state index contributed by atoms with van der Waals surface area (Å²) in [5.74, 6) is 0.742. The maximum atomic E-state index is 12.2. The van der Waals surface area contributed by atoms with E-state index in [-0.39, 0.29) is 16.7 Å². The second kappa shape index (κ2) is 8.34. The molecule has 0 saturated carbocycles. The van der Waals surface area contributed by atoms with Crippen LogP contribution in [-0.2, 0) is 4.79 Å². The van der Waals surface area contributed by atoms with Crippen LogP contribution in [-0.4, -0.2) is 52.5 Å². The summed E-state index contributed by atoms with van der Waals surface area (Å²) in [6.07, 6.45) is 4.94. The van der Waals surface area contributed by atoms with Crippen LogP contribution in [0.3, 0.4) is 0 Å². The molecule has 1 heterocycles. The number of nitrogens with one attached hydrogen (secondary N) is 1. The molecule has 122 valence electrons. The number of hydrogen-bond donors (Lipinski definition) is 2. The second-order valence-electron chi connectivity index (χ2n) is 6.25. The minimum atomic E-state index is -0.0837. The van der Waals surface area contributed by atoms with Crippen molar-refractivity contribution in [3.8, 4) is 0 Å². The molecule has 1 aliphatic rings. The van der Waals surface area contributed by atoms with E-state index >= 15 is 0 Å². The summed E-state index contributed by atoms with van der Waals surface area (Å²) in [5.41, 5.74) is 5.90. The molecule has 4 nitrogen and oxygen atoms in total. The summed E-state index contributed by atoms with van der Waals surface area (Å²) in [5, 5.41) is 3.03. The lowest BCUT2D eigenvalue weighted by molar-refractivity contribution is -0.126. The quantitative estimate of drug-likeness (QED) is 0.699. The van der Waals surface area contributed by atoms with Crippen molar-refractivity contribution in [3.63, 3.8) is 0 Å². The van der Waals surface area contributed by atoms with Crippen LogP contribution in [0.5, 0.6) is 0 Å². The molecule has 0 bridgehead atoms. The number of nitrogens with zero attached hydrogens (tertiary/aromatic N) is 1. The molecule has 1 amide bonds. The van der Waals surface area contributed by atoms with Gasteiger partial charge in [0.1, 0.15) is 0 Å². The highest BCUT2D eigenvalue weighted by atomic mass is 32.2. The van der Waals surface area contributed by atoms with Crippen molar-refractivity contribution in [2.45, 2.75) is 50.8 Å². The van der Waals surface area contributed by atoms with E-state index in [1.165, 1.54) is 0 Å². The van der Waals surface area contributed by atoms with E-state index in [4.69, 9.17) is 18.0 Å². The van der Waals surface area contributed by atoms with Crippen LogP contribution in [0.2, 0.25) is 0 Å². The number of carbonyl (C=O) groups is 1. The van der Waals surface area contributed by atoms with Crippen molar-refractivity contribution < 1.29 is 4.79 Å². The zero-order chi connectivity index (χ0) is 16.0. The summed E-state index contributed by atoms with van der Waals surface area (Å²) in [6, 6.07) is -0.0802. The van der Waals surface area contributed by atoms with Crippen molar-refractivity contribution >= 4 is 34.9 Å². The van der Waals surface area contributed by atoms with Gasteiger partial charge in [0.15, 0.2) is 0 Å².